The van der Waals surface area contributed by atoms with Crippen molar-refractivity contribution in [1.29, 1.82) is 5.41 Å². The molecule has 130 valence electrons. The molecule has 0 aliphatic rings. The fourth-order valence-corrected chi connectivity index (χ4v) is 2.65. The van der Waals surface area contributed by atoms with Crippen molar-refractivity contribution < 1.29 is 14.3 Å². The van der Waals surface area contributed by atoms with Crippen LogP contribution in [0.1, 0.15) is 17.3 Å². The Kier molecular flexibility index (Phi) is 4.62. The summed E-state index contributed by atoms with van der Waals surface area (Å²) in [6, 6.07) is 6.60. The van der Waals surface area contributed by atoms with E-state index in [1.165, 1.54) is 15.0 Å². The van der Waals surface area contributed by atoms with E-state index in [9.17, 15) is 9.59 Å². The van der Waals surface area contributed by atoms with Gasteiger partial charge in [0.1, 0.15) is 22.3 Å². The minimum atomic E-state index is -0.641. The van der Waals surface area contributed by atoms with Crippen LogP contribution < -0.4 is 11.0 Å². The van der Waals surface area contributed by atoms with Crippen LogP contribution in [-0.4, -0.2) is 40.2 Å². The third-order valence-corrected chi connectivity index (χ3v) is 3.83. The number of aromatic nitrogens is 3. The number of methoxy groups -OCH3 is 1. The van der Waals surface area contributed by atoms with Crippen LogP contribution >= 0.6 is 0 Å². The molecule has 0 aliphatic carbocycles. The van der Waals surface area contributed by atoms with E-state index in [2.05, 4.69) is 4.98 Å². The fourth-order valence-electron chi connectivity index (χ4n) is 2.65. The Balaban J connectivity index is 2.41. The molecule has 25 heavy (non-hydrogen) atoms. The highest BCUT2D eigenvalue weighted by Gasteiger charge is 2.18. The van der Waals surface area contributed by atoms with Crippen LogP contribution in [0.2, 0.25) is 0 Å². The Hall–Kier alpha value is -3.00. The van der Waals surface area contributed by atoms with Crippen LogP contribution in [0.4, 0.5) is 0 Å². The van der Waals surface area contributed by atoms with Crippen LogP contribution in [-0.2, 0) is 16.0 Å². The van der Waals surface area contributed by atoms with Gasteiger partial charge in [0.05, 0.1) is 18.6 Å². The van der Waals surface area contributed by atoms with Gasteiger partial charge >= 0.3 is 5.97 Å². The van der Waals surface area contributed by atoms with Gasteiger partial charge in [-0.2, -0.15) is 0 Å². The number of hydrogen-bond donors (Lipinski definition) is 1. The molecule has 0 radical (unpaired) electrons. The molecule has 1 N–H and O–H groups in total. The summed E-state index contributed by atoms with van der Waals surface area (Å²) in [7, 11) is 1.54. The van der Waals surface area contributed by atoms with E-state index in [4.69, 9.17) is 14.9 Å². The maximum Gasteiger partial charge on any atom is 0.341 e. The van der Waals surface area contributed by atoms with Crippen molar-refractivity contribution >= 4 is 22.6 Å². The topological polar surface area (TPSA) is 98.7 Å². The molecular weight excluding hydrogens is 324 g/mol. The summed E-state index contributed by atoms with van der Waals surface area (Å²) in [5.41, 5.74) is 0.466. The molecule has 0 fully saturated rings. The zero-order chi connectivity index (χ0) is 18.0. The highest BCUT2D eigenvalue weighted by atomic mass is 16.5. The quantitative estimate of drug-likeness (QED) is 0.550. The summed E-state index contributed by atoms with van der Waals surface area (Å²) in [5, 5.41) is 8.60. The maximum atomic E-state index is 12.8. The highest BCUT2D eigenvalue weighted by Crippen LogP contribution is 2.11. The second kappa shape index (κ2) is 6.86. The minimum Gasteiger partial charge on any atom is -0.462 e. The first-order valence-electron chi connectivity index (χ1n) is 7.84. The van der Waals surface area contributed by atoms with Crippen LogP contribution in [0.3, 0.4) is 0 Å². The lowest BCUT2D eigenvalue weighted by atomic mass is 10.2. The largest absolute Gasteiger partial charge is 0.462 e. The number of nitrogens with zero attached hydrogens (tertiary/aromatic N) is 3. The molecule has 8 nitrogen and oxygen atoms in total. The molecule has 3 rings (SSSR count). The average molecular weight is 342 g/mol. The molecule has 0 bridgehead atoms. The molecule has 3 aromatic heterocycles. The molecule has 0 saturated carbocycles. The SMILES string of the molecule is CCOC(=O)c1cc2c(=O)n3ccccc3nc2n(CCOC)c1=N. The summed E-state index contributed by atoms with van der Waals surface area (Å²) < 4.78 is 13.0. The molecule has 0 saturated heterocycles. The Morgan fingerprint density at radius 2 is 2.16 bits per heavy atom. The normalized spacial score (nSPS) is 11.1. The standard InChI is InChI=1S/C17H18N4O4/c1-3-25-17(23)11-10-12-15(21(14(11)18)8-9-24-2)19-13-6-4-5-7-20(13)16(12)22/h4-7,10,18H,3,8-9H2,1-2H3. The molecule has 0 spiro atoms. The number of pyridine rings is 2. The average Bonchev–Trinajstić information content (AvgIpc) is 2.61. The van der Waals surface area contributed by atoms with Gasteiger partial charge in [-0.3, -0.25) is 14.6 Å². The van der Waals surface area contributed by atoms with E-state index < -0.39 is 5.97 Å². The van der Waals surface area contributed by atoms with Crippen molar-refractivity contribution in [2.75, 3.05) is 20.3 Å². The summed E-state index contributed by atoms with van der Waals surface area (Å²) in [5.74, 6) is -0.641. The smallest absolute Gasteiger partial charge is 0.341 e. The summed E-state index contributed by atoms with van der Waals surface area (Å²) in [4.78, 5) is 29.5. The van der Waals surface area contributed by atoms with E-state index in [1.807, 2.05) is 0 Å². The number of carbonyl (C=O) groups is 1. The first-order chi connectivity index (χ1) is 12.1. The monoisotopic (exact) mass is 342 g/mol. The van der Waals surface area contributed by atoms with Crippen LogP contribution in [0, 0.1) is 5.41 Å². The zero-order valence-corrected chi connectivity index (χ0v) is 14.0. The minimum absolute atomic E-state index is 0.0280. The van der Waals surface area contributed by atoms with Crippen LogP contribution in [0.25, 0.3) is 16.7 Å². The van der Waals surface area contributed by atoms with Gasteiger partial charge in [0.25, 0.3) is 5.56 Å². The van der Waals surface area contributed by atoms with Gasteiger partial charge in [-0.1, -0.05) is 6.07 Å². The molecule has 0 amide bonds. The van der Waals surface area contributed by atoms with E-state index >= 15 is 0 Å². The van der Waals surface area contributed by atoms with Crippen LogP contribution in [0.5, 0.6) is 0 Å². The van der Waals surface area contributed by atoms with Gasteiger partial charge in [0.2, 0.25) is 0 Å². The number of carbonyl (C=O) groups excluding carboxylic acids is 1. The van der Waals surface area contributed by atoms with E-state index in [0.29, 0.717) is 17.9 Å². The molecular formula is C17H18N4O4. The second-order valence-corrected chi connectivity index (χ2v) is 5.35. The third-order valence-electron chi connectivity index (χ3n) is 3.83. The highest BCUT2D eigenvalue weighted by molar-refractivity contribution is 5.93. The lowest BCUT2D eigenvalue weighted by molar-refractivity contribution is 0.0522. The maximum absolute atomic E-state index is 12.8. The van der Waals surface area contributed by atoms with Gasteiger partial charge < -0.3 is 14.0 Å². The van der Waals surface area contributed by atoms with Crippen molar-refractivity contribution in [2.24, 2.45) is 0 Å². The molecule has 3 heterocycles. The van der Waals surface area contributed by atoms with E-state index in [0.717, 1.165) is 0 Å². The molecule has 0 aliphatic heterocycles. The van der Waals surface area contributed by atoms with Gasteiger partial charge in [0.15, 0.2) is 0 Å². The third kappa shape index (κ3) is 2.91. The summed E-state index contributed by atoms with van der Waals surface area (Å²) >= 11 is 0. The number of nitrogens with one attached hydrogen (secondary N) is 1. The number of esters is 1. The summed E-state index contributed by atoms with van der Waals surface area (Å²) in [6.07, 6.45) is 1.61. The predicted molar refractivity (Wildman–Crippen MR) is 90.6 cm³/mol. The number of rotatable bonds is 5. The molecule has 0 unspecified atom stereocenters. The first-order valence-corrected chi connectivity index (χ1v) is 7.84. The van der Waals surface area contributed by atoms with Gasteiger partial charge in [-0.05, 0) is 25.1 Å². The lowest BCUT2D eigenvalue weighted by Gasteiger charge is -2.13. The molecule has 0 atom stereocenters. The van der Waals surface area contributed by atoms with Crippen LogP contribution in [0.15, 0.2) is 35.3 Å². The number of fused-ring (bicyclic) bond motifs is 2. The Bertz CT molecular complexity index is 1070. The number of hydrogen-bond acceptors (Lipinski definition) is 6. The number of ether oxygens (including phenoxy) is 2. The molecule has 0 aromatic carbocycles. The first kappa shape index (κ1) is 16.8. The van der Waals surface area contributed by atoms with Crippen molar-refractivity contribution in [2.45, 2.75) is 13.5 Å². The van der Waals surface area contributed by atoms with Gasteiger partial charge in [-0.25, -0.2) is 9.78 Å². The van der Waals surface area contributed by atoms with Crippen molar-refractivity contribution in [3.05, 3.63) is 51.9 Å². The zero-order valence-electron chi connectivity index (χ0n) is 14.0. The van der Waals surface area contributed by atoms with E-state index in [-0.39, 0.29) is 35.1 Å². The summed E-state index contributed by atoms with van der Waals surface area (Å²) in [6.45, 7) is 2.47. The predicted octanol–water partition coefficient (Wildman–Crippen LogP) is 0.952. The van der Waals surface area contributed by atoms with Gasteiger partial charge in [-0.15, -0.1) is 0 Å². The Morgan fingerprint density at radius 1 is 1.36 bits per heavy atom. The van der Waals surface area contributed by atoms with E-state index in [1.54, 1.807) is 38.4 Å². The van der Waals surface area contributed by atoms with Gasteiger partial charge in [0, 0.05) is 19.9 Å². The van der Waals surface area contributed by atoms with Crippen molar-refractivity contribution in [1.82, 2.24) is 14.0 Å². The van der Waals surface area contributed by atoms with Crippen molar-refractivity contribution in [3.63, 3.8) is 0 Å². The fraction of sp³-hybridized carbons (Fsp3) is 0.294. The Labute approximate surface area is 142 Å². The molecule has 8 heteroatoms. The Morgan fingerprint density at radius 3 is 2.88 bits per heavy atom. The second-order valence-electron chi connectivity index (χ2n) is 5.35. The van der Waals surface area contributed by atoms with Crippen molar-refractivity contribution in [3.8, 4) is 0 Å². The lowest BCUT2D eigenvalue weighted by Crippen LogP contribution is -2.31. The molecule has 3 aromatic rings.